The molecule has 1 heterocycles. The van der Waals surface area contributed by atoms with E-state index in [1.54, 1.807) is 0 Å². The summed E-state index contributed by atoms with van der Waals surface area (Å²) in [5, 5.41) is 11.8. The average Bonchev–Trinajstić information content (AvgIpc) is 2.28. The summed E-state index contributed by atoms with van der Waals surface area (Å²) in [6.07, 6.45) is 1.93. The lowest BCUT2D eigenvalue weighted by Gasteiger charge is -2.33. The van der Waals surface area contributed by atoms with Crippen molar-refractivity contribution in [3.63, 3.8) is 0 Å². The van der Waals surface area contributed by atoms with Gasteiger partial charge in [-0.3, -0.25) is 4.79 Å². The molecule has 0 saturated carbocycles. The van der Waals surface area contributed by atoms with Gasteiger partial charge in [0.15, 0.2) is 0 Å². The number of amides is 1. The molecule has 1 N–H and O–H groups in total. The fourth-order valence-corrected chi connectivity index (χ4v) is 1.96. The maximum Gasteiger partial charge on any atom is 0.237 e. The van der Waals surface area contributed by atoms with Crippen molar-refractivity contribution in [2.75, 3.05) is 19.8 Å². The Hall–Kier alpha value is -1.08. The number of carbonyl (C=O) groups is 1. The molecule has 1 atom stereocenters. The first-order valence-corrected chi connectivity index (χ1v) is 6.23. The molecule has 1 unspecified atom stereocenters. The lowest BCUT2D eigenvalue weighted by atomic mass is 9.82. The van der Waals surface area contributed by atoms with Gasteiger partial charge < -0.3 is 10.1 Å². The molecule has 1 saturated heterocycles. The summed E-state index contributed by atoms with van der Waals surface area (Å²) >= 11 is 0. The van der Waals surface area contributed by atoms with Crippen molar-refractivity contribution in [3.8, 4) is 6.07 Å². The smallest absolute Gasteiger partial charge is 0.237 e. The van der Waals surface area contributed by atoms with E-state index in [0.717, 1.165) is 26.1 Å². The molecule has 1 amide bonds. The van der Waals surface area contributed by atoms with Crippen molar-refractivity contribution in [2.24, 2.45) is 17.3 Å². The Labute approximate surface area is 103 Å². The van der Waals surface area contributed by atoms with Crippen LogP contribution in [0.25, 0.3) is 0 Å². The van der Waals surface area contributed by atoms with Crippen molar-refractivity contribution in [3.05, 3.63) is 0 Å². The summed E-state index contributed by atoms with van der Waals surface area (Å²) in [7, 11) is 0. The van der Waals surface area contributed by atoms with Crippen LogP contribution in [0.1, 0.15) is 33.6 Å². The molecule has 17 heavy (non-hydrogen) atoms. The summed E-state index contributed by atoms with van der Waals surface area (Å²) < 4.78 is 5.31. The molecule has 1 aliphatic rings. The number of carbonyl (C=O) groups excluding carboxylic acids is 1. The van der Waals surface area contributed by atoms with Crippen molar-refractivity contribution >= 4 is 5.91 Å². The number of nitrogens with zero attached hydrogens (tertiary/aromatic N) is 1. The van der Waals surface area contributed by atoms with Gasteiger partial charge in [0.25, 0.3) is 0 Å². The Balaban J connectivity index is 2.44. The topological polar surface area (TPSA) is 62.1 Å². The SMILES string of the molecule is CC(C)C(C#N)C(=O)NCC1(C)CCOCC1. The average molecular weight is 238 g/mol. The summed E-state index contributed by atoms with van der Waals surface area (Å²) in [6, 6.07) is 2.06. The third kappa shape index (κ3) is 4.01. The number of nitrogens with one attached hydrogen (secondary N) is 1. The molecule has 0 aliphatic carbocycles. The first kappa shape index (κ1) is 14.0. The highest BCUT2D eigenvalue weighted by Gasteiger charge is 2.29. The molecular weight excluding hydrogens is 216 g/mol. The van der Waals surface area contributed by atoms with Gasteiger partial charge in [0.05, 0.1) is 6.07 Å². The Morgan fingerprint density at radius 2 is 2.06 bits per heavy atom. The van der Waals surface area contributed by atoms with Gasteiger partial charge in [-0.25, -0.2) is 0 Å². The van der Waals surface area contributed by atoms with Gasteiger partial charge in [0.1, 0.15) is 5.92 Å². The minimum Gasteiger partial charge on any atom is -0.381 e. The second-order valence-electron chi connectivity index (χ2n) is 5.49. The molecule has 0 aromatic carbocycles. The summed E-state index contributed by atoms with van der Waals surface area (Å²) in [5.74, 6) is -0.629. The van der Waals surface area contributed by atoms with Crippen LogP contribution in [0, 0.1) is 28.6 Å². The molecule has 96 valence electrons. The fraction of sp³-hybridized carbons (Fsp3) is 0.846. The first-order chi connectivity index (χ1) is 7.98. The van der Waals surface area contributed by atoms with E-state index < -0.39 is 5.92 Å². The van der Waals surface area contributed by atoms with Gasteiger partial charge in [0, 0.05) is 19.8 Å². The molecule has 0 bridgehead atoms. The van der Waals surface area contributed by atoms with E-state index in [-0.39, 0.29) is 17.2 Å². The molecule has 1 rings (SSSR count). The summed E-state index contributed by atoms with van der Waals surface area (Å²) in [5.41, 5.74) is 0.116. The van der Waals surface area contributed by atoms with Crippen LogP contribution in [0.4, 0.5) is 0 Å². The van der Waals surface area contributed by atoms with Crippen LogP contribution in [0.2, 0.25) is 0 Å². The number of hydrogen-bond acceptors (Lipinski definition) is 3. The van der Waals surface area contributed by atoms with E-state index in [4.69, 9.17) is 10.00 Å². The molecular formula is C13H22N2O2. The molecule has 0 radical (unpaired) electrons. The Kier molecular flexibility index (Phi) is 4.95. The van der Waals surface area contributed by atoms with Crippen LogP contribution < -0.4 is 5.32 Å². The maximum absolute atomic E-state index is 11.8. The number of hydrogen-bond donors (Lipinski definition) is 1. The number of nitriles is 1. The Morgan fingerprint density at radius 1 is 1.47 bits per heavy atom. The molecule has 0 aromatic heterocycles. The first-order valence-electron chi connectivity index (χ1n) is 6.23. The fourth-order valence-electron chi connectivity index (χ4n) is 1.96. The van der Waals surface area contributed by atoms with Gasteiger partial charge in [-0.1, -0.05) is 20.8 Å². The van der Waals surface area contributed by atoms with E-state index in [9.17, 15) is 4.79 Å². The second kappa shape index (κ2) is 6.02. The lowest BCUT2D eigenvalue weighted by Crippen LogP contribution is -2.42. The lowest BCUT2D eigenvalue weighted by molar-refractivity contribution is -0.125. The largest absolute Gasteiger partial charge is 0.381 e. The molecule has 0 aromatic rings. The van der Waals surface area contributed by atoms with Crippen molar-refractivity contribution < 1.29 is 9.53 Å². The van der Waals surface area contributed by atoms with Crippen LogP contribution in [0.15, 0.2) is 0 Å². The van der Waals surface area contributed by atoms with Crippen LogP contribution in [0.5, 0.6) is 0 Å². The van der Waals surface area contributed by atoms with Crippen molar-refractivity contribution in [1.29, 1.82) is 5.26 Å². The van der Waals surface area contributed by atoms with Crippen molar-refractivity contribution in [2.45, 2.75) is 33.6 Å². The summed E-state index contributed by atoms with van der Waals surface area (Å²) in [4.78, 5) is 11.8. The van der Waals surface area contributed by atoms with Gasteiger partial charge in [0.2, 0.25) is 5.91 Å². The van der Waals surface area contributed by atoms with Crippen LogP contribution in [-0.2, 0) is 9.53 Å². The van der Waals surface area contributed by atoms with E-state index in [2.05, 4.69) is 18.3 Å². The van der Waals surface area contributed by atoms with Gasteiger partial charge in [-0.15, -0.1) is 0 Å². The zero-order chi connectivity index (χ0) is 12.9. The minimum absolute atomic E-state index is 0.0579. The molecule has 0 spiro atoms. The minimum atomic E-state index is -0.543. The molecule has 1 aliphatic heterocycles. The van der Waals surface area contributed by atoms with Crippen molar-refractivity contribution in [1.82, 2.24) is 5.32 Å². The van der Waals surface area contributed by atoms with Gasteiger partial charge in [-0.2, -0.15) is 5.26 Å². The zero-order valence-corrected chi connectivity index (χ0v) is 11.0. The van der Waals surface area contributed by atoms with E-state index in [0.29, 0.717) is 6.54 Å². The molecule has 4 nitrogen and oxygen atoms in total. The predicted octanol–water partition coefficient (Wildman–Crippen LogP) is 1.72. The quantitative estimate of drug-likeness (QED) is 0.811. The third-order valence-electron chi connectivity index (χ3n) is 3.48. The van der Waals surface area contributed by atoms with E-state index >= 15 is 0 Å². The third-order valence-corrected chi connectivity index (χ3v) is 3.48. The Morgan fingerprint density at radius 3 is 2.53 bits per heavy atom. The van der Waals surface area contributed by atoms with Gasteiger partial charge in [-0.05, 0) is 24.2 Å². The summed E-state index contributed by atoms with van der Waals surface area (Å²) in [6.45, 7) is 8.11. The zero-order valence-electron chi connectivity index (χ0n) is 11.0. The molecule has 1 fully saturated rings. The Bertz CT molecular complexity index is 301. The number of rotatable bonds is 4. The second-order valence-corrected chi connectivity index (χ2v) is 5.49. The van der Waals surface area contributed by atoms with Gasteiger partial charge >= 0.3 is 0 Å². The van der Waals surface area contributed by atoms with E-state index in [1.165, 1.54) is 0 Å². The highest BCUT2D eigenvalue weighted by molar-refractivity contribution is 5.81. The monoisotopic (exact) mass is 238 g/mol. The van der Waals surface area contributed by atoms with Crippen LogP contribution >= 0.6 is 0 Å². The molecule has 4 heteroatoms. The standard InChI is InChI=1S/C13H22N2O2/c1-10(2)11(8-14)12(16)15-9-13(3)4-6-17-7-5-13/h10-11H,4-7,9H2,1-3H3,(H,15,16). The number of ether oxygens (including phenoxy) is 1. The van der Waals surface area contributed by atoms with E-state index in [1.807, 2.05) is 13.8 Å². The van der Waals surface area contributed by atoms with Crippen LogP contribution in [0.3, 0.4) is 0 Å². The van der Waals surface area contributed by atoms with Crippen LogP contribution in [-0.4, -0.2) is 25.7 Å². The predicted molar refractivity (Wildman–Crippen MR) is 65.1 cm³/mol. The highest BCUT2D eigenvalue weighted by atomic mass is 16.5. The highest BCUT2D eigenvalue weighted by Crippen LogP contribution is 2.28. The normalized spacial score (nSPS) is 20.6. The maximum atomic E-state index is 11.8.